The molecule has 0 unspecified atom stereocenters. The van der Waals surface area contributed by atoms with Crippen molar-refractivity contribution in [1.82, 2.24) is 9.13 Å². The van der Waals surface area contributed by atoms with Crippen LogP contribution in [0.2, 0.25) is 0 Å². The number of hydrogen-bond donors (Lipinski definition) is 0. The molecule has 2 heterocycles. The molecule has 0 spiro atoms. The Morgan fingerprint density at radius 1 is 0.489 bits per heavy atom. The van der Waals surface area contributed by atoms with Crippen LogP contribution < -0.4 is 0 Å². The number of nitrogens with zero attached hydrogens (tertiary/aromatic N) is 2. The van der Waals surface area contributed by atoms with E-state index in [0.717, 1.165) is 5.69 Å². The highest BCUT2D eigenvalue weighted by Gasteiger charge is 2.16. The highest BCUT2D eigenvalue weighted by Crippen LogP contribution is 2.38. The summed E-state index contributed by atoms with van der Waals surface area (Å²) in [5.74, 6) is 0. The van der Waals surface area contributed by atoms with Gasteiger partial charge in [0.2, 0.25) is 0 Å². The van der Waals surface area contributed by atoms with Crippen LogP contribution in [0.4, 0.5) is 0 Å². The van der Waals surface area contributed by atoms with Gasteiger partial charge in [-0.25, -0.2) is 0 Å². The summed E-state index contributed by atoms with van der Waals surface area (Å²) in [5.41, 5.74) is 12.0. The van der Waals surface area contributed by atoms with Crippen molar-refractivity contribution in [3.05, 3.63) is 176 Å². The van der Waals surface area contributed by atoms with Crippen LogP contribution >= 0.6 is 0 Å². The summed E-state index contributed by atoms with van der Waals surface area (Å²) in [6, 6.07) is 50.7. The normalized spacial score (nSPS) is 12.2. The molecule has 0 radical (unpaired) electrons. The Morgan fingerprint density at radius 2 is 1.02 bits per heavy atom. The zero-order chi connectivity index (χ0) is 30.3. The van der Waals surface area contributed by atoms with Crippen molar-refractivity contribution in [3.63, 3.8) is 0 Å². The molecule has 2 aromatic heterocycles. The molecule has 0 aliphatic heterocycles. The molecule has 214 valence electrons. The zero-order valence-electron chi connectivity index (χ0n) is 25.2. The third-order valence-corrected chi connectivity index (χ3v) is 8.85. The maximum absolute atomic E-state index is 3.78. The quantitative estimate of drug-likeness (QED) is 0.174. The van der Waals surface area contributed by atoms with E-state index in [2.05, 4.69) is 168 Å². The van der Waals surface area contributed by atoms with Crippen molar-refractivity contribution < 1.29 is 0 Å². The van der Waals surface area contributed by atoms with Crippen molar-refractivity contribution in [2.45, 2.75) is 6.92 Å². The second-order valence-corrected chi connectivity index (χ2v) is 11.5. The molecular weight excluding hydrogens is 544 g/mol. The Hall–Kier alpha value is -5.86. The minimum absolute atomic E-state index is 1.15. The predicted molar refractivity (Wildman–Crippen MR) is 194 cm³/mol. The summed E-state index contributed by atoms with van der Waals surface area (Å²) < 4.78 is 4.76. The minimum Gasteiger partial charge on any atom is -0.309 e. The summed E-state index contributed by atoms with van der Waals surface area (Å²) in [7, 11) is 0. The average Bonchev–Trinajstić information content (AvgIpc) is 3.61. The van der Waals surface area contributed by atoms with E-state index in [1.165, 1.54) is 71.6 Å². The Kier molecular flexibility index (Phi) is 6.54. The van der Waals surface area contributed by atoms with Gasteiger partial charge >= 0.3 is 0 Å². The number of fused-ring (bicyclic) bond motifs is 6. The molecule has 45 heavy (non-hydrogen) atoms. The fourth-order valence-electron chi connectivity index (χ4n) is 6.70. The van der Waals surface area contributed by atoms with Gasteiger partial charge in [0.25, 0.3) is 0 Å². The van der Waals surface area contributed by atoms with Crippen LogP contribution in [0.3, 0.4) is 0 Å². The molecule has 8 aromatic rings. The molecule has 6 aromatic carbocycles. The van der Waals surface area contributed by atoms with E-state index in [-0.39, 0.29) is 0 Å². The number of benzene rings is 6. The fourth-order valence-corrected chi connectivity index (χ4v) is 6.70. The van der Waals surface area contributed by atoms with Gasteiger partial charge in [0.15, 0.2) is 0 Å². The van der Waals surface area contributed by atoms with E-state index in [1.807, 2.05) is 12.2 Å². The molecular formula is C43H32N2. The first-order chi connectivity index (χ1) is 22.2. The maximum atomic E-state index is 3.78. The monoisotopic (exact) mass is 576 g/mol. The first-order valence-electron chi connectivity index (χ1n) is 15.4. The Balaban J connectivity index is 1.29. The van der Waals surface area contributed by atoms with Crippen LogP contribution in [0, 0.1) is 0 Å². The lowest BCUT2D eigenvalue weighted by Gasteiger charge is -2.11. The molecule has 0 N–H and O–H groups in total. The van der Waals surface area contributed by atoms with Gasteiger partial charge in [0.1, 0.15) is 0 Å². The minimum atomic E-state index is 1.15. The van der Waals surface area contributed by atoms with Crippen molar-refractivity contribution in [2.24, 2.45) is 0 Å². The van der Waals surface area contributed by atoms with Crippen molar-refractivity contribution in [2.75, 3.05) is 0 Å². The van der Waals surface area contributed by atoms with Gasteiger partial charge in [-0.05, 0) is 89.9 Å². The first-order valence-corrected chi connectivity index (χ1v) is 15.4. The van der Waals surface area contributed by atoms with Crippen LogP contribution in [-0.4, -0.2) is 9.13 Å². The molecule has 0 amide bonds. The Bertz CT molecular complexity index is 2450. The van der Waals surface area contributed by atoms with Gasteiger partial charge in [-0.15, -0.1) is 0 Å². The molecule has 2 heteroatoms. The molecule has 0 saturated heterocycles. The van der Waals surface area contributed by atoms with Crippen LogP contribution in [0.5, 0.6) is 0 Å². The molecule has 0 saturated carbocycles. The van der Waals surface area contributed by atoms with Gasteiger partial charge < -0.3 is 9.13 Å². The summed E-state index contributed by atoms with van der Waals surface area (Å²) >= 11 is 0. The standard InChI is InChI=1S/C43H32N2/c1-3-4-6-14-30(2)31-15-13-18-35(27-31)45-41-22-12-10-20-37(41)39-29-33(24-26-43(39)45)32-23-25-42-38(28-32)36-19-9-11-21-40(36)44(42)34-16-7-5-8-17-34/h3-29H,1H2,2H3/b6-4-,30-14+. The van der Waals surface area contributed by atoms with Crippen LogP contribution in [0.25, 0.3) is 71.7 Å². The van der Waals surface area contributed by atoms with Crippen molar-refractivity contribution in [1.29, 1.82) is 0 Å². The molecule has 0 bridgehead atoms. The second kappa shape index (κ2) is 11.0. The smallest absolute Gasteiger partial charge is 0.0541 e. The van der Waals surface area contributed by atoms with E-state index < -0.39 is 0 Å². The largest absolute Gasteiger partial charge is 0.309 e. The number of aromatic nitrogens is 2. The SMILES string of the molecule is C=C/C=C\C=C(/C)c1cccc(-n2c3ccccc3c3cc(-c4ccc5c(c4)c4ccccc4n5-c4ccccc4)ccc32)c1. The van der Waals surface area contributed by atoms with E-state index in [1.54, 1.807) is 6.08 Å². The topological polar surface area (TPSA) is 9.86 Å². The lowest BCUT2D eigenvalue weighted by molar-refractivity contribution is 1.18. The lowest BCUT2D eigenvalue weighted by atomic mass is 10.0. The lowest BCUT2D eigenvalue weighted by Crippen LogP contribution is -1.95. The predicted octanol–water partition coefficient (Wildman–Crippen LogP) is 11.7. The molecule has 8 rings (SSSR count). The van der Waals surface area contributed by atoms with E-state index in [9.17, 15) is 0 Å². The molecule has 0 atom stereocenters. The summed E-state index contributed by atoms with van der Waals surface area (Å²) in [5, 5.41) is 5.03. The van der Waals surface area contributed by atoms with Gasteiger partial charge in [-0.1, -0.05) is 110 Å². The average molecular weight is 577 g/mol. The summed E-state index contributed by atoms with van der Waals surface area (Å²) in [6.45, 7) is 5.93. The van der Waals surface area contributed by atoms with E-state index in [4.69, 9.17) is 0 Å². The Morgan fingerprint density at radius 3 is 1.64 bits per heavy atom. The van der Waals surface area contributed by atoms with E-state index in [0.29, 0.717) is 0 Å². The number of rotatable bonds is 6. The van der Waals surface area contributed by atoms with Crippen LogP contribution in [0.15, 0.2) is 170 Å². The summed E-state index contributed by atoms with van der Waals surface area (Å²) in [6.07, 6.45) is 7.92. The number of allylic oxidation sites excluding steroid dienone is 5. The van der Waals surface area contributed by atoms with Gasteiger partial charge in [-0.3, -0.25) is 0 Å². The van der Waals surface area contributed by atoms with Gasteiger partial charge in [0.05, 0.1) is 22.1 Å². The molecule has 0 aliphatic rings. The molecule has 0 aliphatic carbocycles. The zero-order valence-corrected chi connectivity index (χ0v) is 25.2. The third-order valence-electron chi connectivity index (χ3n) is 8.85. The first kappa shape index (κ1) is 26.7. The highest BCUT2D eigenvalue weighted by atomic mass is 15.0. The highest BCUT2D eigenvalue weighted by molar-refractivity contribution is 6.12. The van der Waals surface area contributed by atoms with Crippen LogP contribution in [0.1, 0.15) is 12.5 Å². The van der Waals surface area contributed by atoms with Crippen molar-refractivity contribution in [3.8, 4) is 22.5 Å². The molecule has 2 nitrogen and oxygen atoms in total. The van der Waals surface area contributed by atoms with Crippen molar-refractivity contribution >= 4 is 49.2 Å². The Labute approximate surface area is 263 Å². The third kappa shape index (κ3) is 4.51. The van der Waals surface area contributed by atoms with Crippen LogP contribution in [-0.2, 0) is 0 Å². The number of hydrogen-bond acceptors (Lipinski definition) is 0. The van der Waals surface area contributed by atoms with Gasteiger partial charge in [0, 0.05) is 32.9 Å². The second-order valence-electron chi connectivity index (χ2n) is 11.5. The number of para-hydroxylation sites is 3. The maximum Gasteiger partial charge on any atom is 0.0541 e. The van der Waals surface area contributed by atoms with Gasteiger partial charge in [-0.2, -0.15) is 0 Å². The molecule has 0 fully saturated rings. The van der Waals surface area contributed by atoms with E-state index >= 15 is 0 Å². The summed E-state index contributed by atoms with van der Waals surface area (Å²) in [4.78, 5) is 0. The fraction of sp³-hybridized carbons (Fsp3) is 0.0233.